The highest BCUT2D eigenvalue weighted by atomic mass is 32.2. The second-order valence-electron chi connectivity index (χ2n) is 3.27. The molecule has 0 aromatic carbocycles. The van der Waals surface area contributed by atoms with E-state index in [0.717, 1.165) is 12.8 Å². The molecule has 0 aliphatic rings. The van der Waals surface area contributed by atoms with Crippen LogP contribution in [0.5, 0.6) is 0 Å². The number of carbonyl (C=O) groups is 2. The Kier molecular flexibility index (Phi) is 14.2. The van der Waals surface area contributed by atoms with Gasteiger partial charge in [-0.15, -0.1) is 24.4 Å². The lowest BCUT2D eigenvalue weighted by Gasteiger charge is -1.95. The second-order valence-corrected chi connectivity index (χ2v) is 6.09. The van der Waals surface area contributed by atoms with E-state index in [9.17, 15) is 9.59 Å². The van der Waals surface area contributed by atoms with Gasteiger partial charge in [0.05, 0.1) is 6.42 Å². The number of thiol groups is 1. The van der Waals surface area contributed by atoms with Crippen LogP contribution in [0, 0.1) is 0 Å². The van der Waals surface area contributed by atoms with E-state index in [4.69, 9.17) is 10.2 Å². The van der Waals surface area contributed by atoms with Crippen LogP contribution in [-0.4, -0.2) is 31.4 Å². The molecule has 7 heteroatoms. The zero-order valence-electron chi connectivity index (χ0n) is 10.2. The maximum atomic E-state index is 10.1. The van der Waals surface area contributed by atoms with Crippen molar-refractivity contribution in [1.29, 1.82) is 0 Å². The lowest BCUT2D eigenvalue weighted by atomic mass is 10.1. The summed E-state index contributed by atoms with van der Waals surface area (Å²) >= 11 is 9.66. The Labute approximate surface area is 122 Å². The van der Waals surface area contributed by atoms with Crippen molar-refractivity contribution in [2.75, 3.05) is 5.75 Å². The molecule has 0 rings (SSSR count). The Balaban J connectivity index is 0. The van der Waals surface area contributed by atoms with Crippen molar-refractivity contribution in [3.8, 4) is 0 Å². The van der Waals surface area contributed by atoms with Crippen LogP contribution in [0.15, 0.2) is 12.2 Å². The molecule has 0 aromatic rings. The van der Waals surface area contributed by atoms with Crippen molar-refractivity contribution in [2.24, 2.45) is 0 Å². The Morgan fingerprint density at radius 2 is 1.89 bits per heavy atom. The molecular formula is C11H18O4S3. The highest BCUT2D eigenvalue weighted by molar-refractivity contribution is 8.41. The molecule has 0 aliphatic heterocycles. The molecule has 0 saturated heterocycles. The lowest BCUT2D eigenvalue weighted by molar-refractivity contribution is -0.136. The normalized spacial score (nSPS) is 9.00. The van der Waals surface area contributed by atoms with E-state index in [1.165, 1.54) is 11.8 Å². The third kappa shape index (κ3) is 17.9. The average Bonchev–Trinajstić information content (AvgIpc) is 2.25. The van der Waals surface area contributed by atoms with Gasteiger partial charge in [-0.3, -0.25) is 4.79 Å². The molecule has 0 aliphatic carbocycles. The van der Waals surface area contributed by atoms with E-state index >= 15 is 0 Å². The summed E-state index contributed by atoms with van der Waals surface area (Å²) in [5, 5.41) is 16.5. The number of carboxylic acid groups (broad SMARTS) is 2. The lowest BCUT2D eigenvalue weighted by Crippen LogP contribution is -1.97. The van der Waals surface area contributed by atoms with E-state index in [-0.39, 0.29) is 6.42 Å². The van der Waals surface area contributed by atoms with Gasteiger partial charge in [0.15, 0.2) is 0 Å². The number of carboxylic acids is 2. The van der Waals surface area contributed by atoms with Gasteiger partial charge < -0.3 is 10.2 Å². The quantitative estimate of drug-likeness (QED) is 0.381. The van der Waals surface area contributed by atoms with Gasteiger partial charge >= 0.3 is 11.9 Å². The molecule has 0 heterocycles. The summed E-state index contributed by atoms with van der Waals surface area (Å²) in [5.41, 5.74) is 0.317. The standard InChI is InChI=1S/C7H12O2.C4H6O2S3/c1-3-4-5-6(2)7(8)9;5-3(6)1-2-9-4(7)8/h2-5H2,1H3,(H,8,9);1-2H2,(H,5,6)(H,7,8). The zero-order valence-corrected chi connectivity index (χ0v) is 12.7. The number of hydrogen-bond donors (Lipinski definition) is 3. The molecule has 0 aromatic heterocycles. The van der Waals surface area contributed by atoms with Crippen LogP contribution in [0.3, 0.4) is 0 Å². The first-order valence-corrected chi connectivity index (χ1v) is 7.13. The first-order valence-electron chi connectivity index (χ1n) is 5.29. The Bertz CT molecular complexity index is 289. The van der Waals surface area contributed by atoms with E-state index < -0.39 is 11.9 Å². The molecule has 0 fully saturated rings. The SMILES string of the molecule is C=C(CCCC)C(=O)O.O=C(O)CCSC(=S)S. The predicted molar refractivity (Wildman–Crippen MR) is 82.6 cm³/mol. The van der Waals surface area contributed by atoms with E-state index in [2.05, 4.69) is 31.4 Å². The van der Waals surface area contributed by atoms with Crippen molar-refractivity contribution in [1.82, 2.24) is 0 Å². The number of rotatable bonds is 7. The third-order valence-corrected chi connectivity index (χ3v) is 3.07. The van der Waals surface area contributed by atoms with Crippen LogP contribution in [0.2, 0.25) is 0 Å². The number of hydrogen-bond acceptors (Lipinski definition) is 4. The van der Waals surface area contributed by atoms with Crippen molar-refractivity contribution < 1.29 is 19.8 Å². The second kappa shape index (κ2) is 12.9. The summed E-state index contributed by atoms with van der Waals surface area (Å²) in [6.45, 7) is 5.42. The summed E-state index contributed by atoms with van der Waals surface area (Å²) in [6, 6.07) is 0. The molecule has 0 saturated carbocycles. The number of thioether (sulfide) groups is 1. The van der Waals surface area contributed by atoms with Crippen LogP contribution in [0.25, 0.3) is 0 Å². The molecule has 0 spiro atoms. The third-order valence-electron chi connectivity index (χ3n) is 1.68. The Morgan fingerprint density at radius 1 is 1.33 bits per heavy atom. The summed E-state index contributed by atoms with van der Waals surface area (Å²) < 4.78 is 0.497. The van der Waals surface area contributed by atoms with E-state index in [0.29, 0.717) is 21.3 Å². The van der Waals surface area contributed by atoms with Gasteiger partial charge in [-0.25, -0.2) is 4.79 Å². The fourth-order valence-corrected chi connectivity index (χ4v) is 1.70. The van der Waals surface area contributed by atoms with Gasteiger partial charge in [0.1, 0.15) is 3.53 Å². The molecule has 104 valence electrons. The molecule has 0 atom stereocenters. The van der Waals surface area contributed by atoms with Crippen molar-refractivity contribution >= 4 is 52.1 Å². The first kappa shape index (κ1) is 19.8. The van der Waals surface area contributed by atoms with Gasteiger partial charge in [-0.05, 0) is 12.8 Å². The molecule has 4 nitrogen and oxygen atoms in total. The van der Waals surface area contributed by atoms with Gasteiger partial charge in [0, 0.05) is 11.3 Å². The molecule has 0 unspecified atom stereocenters. The van der Waals surface area contributed by atoms with Crippen molar-refractivity contribution in [3.05, 3.63) is 12.2 Å². The molecule has 0 amide bonds. The molecular weight excluding hydrogens is 292 g/mol. The maximum Gasteiger partial charge on any atom is 0.330 e. The smallest absolute Gasteiger partial charge is 0.330 e. The summed E-state index contributed by atoms with van der Waals surface area (Å²) in [6.07, 6.45) is 2.70. The van der Waals surface area contributed by atoms with Gasteiger partial charge in [-0.1, -0.05) is 32.1 Å². The summed E-state index contributed by atoms with van der Waals surface area (Å²) in [4.78, 5) is 20.0. The molecule has 0 radical (unpaired) electrons. The highest BCUT2D eigenvalue weighted by Crippen LogP contribution is 2.08. The molecule has 0 bridgehead atoms. The van der Waals surface area contributed by atoms with Crippen LogP contribution in [-0.2, 0) is 9.59 Å². The topological polar surface area (TPSA) is 74.6 Å². The predicted octanol–water partition coefficient (Wildman–Crippen LogP) is 3.23. The molecule has 2 N–H and O–H groups in total. The fourth-order valence-electron chi connectivity index (χ4n) is 0.723. The minimum atomic E-state index is -0.872. The van der Waals surface area contributed by atoms with Crippen LogP contribution in [0.1, 0.15) is 32.6 Å². The number of aliphatic carboxylic acids is 2. The summed E-state index contributed by atoms with van der Waals surface area (Å²) in [5.74, 6) is -1.16. The maximum absolute atomic E-state index is 10.1. The first-order chi connectivity index (χ1) is 8.31. The fraction of sp³-hybridized carbons (Fsp3) is 0.545. The average molecular weight is 310 g/mol. The van der Waals surface area contributed by atoms with E-state index in [1.54, 1.807) is 0 Å². The molecule has 18 heavy (non-hydrogen) atoms. The monoisotopic (exact) mass is 310 g/mol. The van der Waals surface area contributed by atoms with Crippen LogP contribution in [0.4, 0.5) is 0 Å². The van der Waals surface area contributed by atoms with Crippen molar-refractivity contribution in [2.45, 2.75) is 32.6 Å². The Morgan fingerprint density at radius 3 is 2.22 bits per heavy atom. The minimum absolute atomic E-state index is 0.144. The van der Waals surface area contributed by atoms with Crippen molar-refractivity contribution in [3.63, 3.8) is 0 Å². The Hall–Kier alpha value is -0.530. The van der Waals surface area contributed by atoms with Gasteiger partial charge in [-0.2, -0.15) is 0 Å². The van der Waals surface area contributed by atoms with Crippen LogP contribution >= 0.6 is 36.6 Å². The number of unbranched alkanes of at least 4 members (excludes halogenated alkanes) is 1. The minimum Gasteiger partial charge on any atom is -0.481 e. The zero-order chi connectivity index (χ0) is 14.6. The van der Waals surface area contributed by atoms with Gasteiger partial charge in [0.25, 0.3) is 0 Å². The van der Waals surface area contributed by atoms with E-state index in [1.807, 2.05) is 6.92 Å². The largest absolute Gasteiger partial charge is 0.481 e. The summed E-state index contributed by atoms with van der Waals surface area (Å²) in [7, 11) is 0. The van der Waals surface area contributed by atoms with Gasteiger partial charge in [0.2, 0.25) is 0 Å². The van der Waals surface area contributed by atoms with Crippen LogP contribution < -0.4 is 0 Å². The highest BCUT2D eigenvalue weighted by Gasteiger charge is 2.00. The number of thiocarbonyl (C=S) groups is 1.